The monoisotopic (exact) mass is 165 g/mol. The van der Waals surface area contributed by atoms with Gasteiger partial charge in [0, 0.05) is 12.6 Å². The SMILES string of the molecule is CCc1cn2c(n1)CCCC2N. The van der Waals surface area contributed by atoms with Gasteiger partial charge in [0.1, 0.15) is 5.82 Å². The largest absolute Gasteiger partial charge is 0.319 e. The minimum absolute atomic E-state index is 0.168. The van der Waals surface area contributed by atoms with Crippen LogP contribution in [0.1, 0.15) is 37.4 Å². The lowest BCUT2D eigenvalue weighted by atomic mass is 10.1. The van der Waals surface area contributed by atoms with E-state index in [9.17, 15) is 0 Å². The Balaban J connectivity index is 2.37. The van der Waals surface area contributed by atoms with E-state index < -0.39 is 0 Å². The Hall–Kier alpha value is -0.830. The molecule has 1 aliphatic heterocycles. The number of hydrogen-bond acceptors (Lipinski definition) is 2. The lowest BCUT2D eigenvalue weighted by Crippen LogP contribution is -2.24. The molecule has 0 saturated carbocycles. The lowest BCUT2D eigenvalue weighted by Gasteiger charge is -2.20. The van der Waals surface area contributed by atoms with Gasteiger partial charge in [0.15, 0.2) is 0 Å². The number of rotatable bonds is 1. The molecular formula is C9H15N3. The zero-order valence-corrected chi connectivity index (χ0v) is 7.45. The van der Waals surface area contributed by atoms with Crippen LogP contribution in [-0.2, 0) is 12.8 Å². The van der Waals surface area contributed by atoms with Crippen molar-refractivity contribution in [1.82, 2.24) is 9.55 Å². The summed E-state index contributed by atoms with van der Waals surface area (Å²) < 4.78 is 2.13. The number of fused-ring (bicyclic) bond motifs is 1. The Morgan fingerprint density at radius 2 is 2.58 bits per heavy atom. The summed E-state index contributed by atoms with van der Waals surface area (Å²) in [4.78, 5) is 4.50. The van der Waals surface area contributed by atoms with Gasteiger partial charge in [0.05, 0.1) is 11.9 Å². The number of aromatic nitrogens is 2. The van der Waals surface area contributed by atoms with E-state index in [0.29, 0.717) is 0 Å². The van der Waals surface area contributed by atoms with Crippen LogP contribution in [0.4, 0.5) is 0 Å². The molecule has 1 aromatic heterocycles. The first-order chi connectivity index (χ1) is 5.81. The highest BCUT2D eigenvalue weighted by Crippen LogP contribution is 2.20. The molecule has 2 N–H and O–H groups in total. The highest BCUT2D eigenvalue weighted by Gasteiger charge is 2.17. The minimum Gasteiger partial charge on any atom is -0.319 e. The Labute approximate surface area is 72.6 Å². The Kier molecular flexibility index (Phi) is 1.89. The summed E-state index contributed by atoms with van der Waals surface area (Å²) in [5, 5.41) is 0. The molecule has 0 radical (unpaired) electrons. The van der Waals surface area contributed by atoms with E-state index in [1.54, 1.807) is 0 Å². The van der Waals surface area contributed by atoms with Gasteiger partial charge >= 0.3 is 0 Å². The highest BCUT2D eigenvalue weighted by molar-refractivity contribution is 5.07. The third-order valence-corrected chi connectivity index (χ3v) is 2.48. The van der Waals surface area contributed by atoms with Crippen molar-refractivity contribution >= 4 is 0 Å². The normalized spacial score (nSPS) is 22.3. The zero-order valence-electron chi connectivity index (χ0n) is 7.45. The Bertz CT molecular complexity index is 277. The van der Waals surface area contributed by atoms with E-state index in [2.05, 4.69) is 22.7 Å². The molecule has 12 heavy (non-hydrogen) atoms. The molecule has 1 unspecified atom stereocenters. The van der Waals surface area contributed by atoms with Crippen LogP contribution in [-0.4, -0.2) is 9.55 Å². The van der Waals surface area contributed by atoms with Crippen LogP contribution in [0, 0.1) is 0 Å². The van der Waals surface area contributed by atoms with Gasteiger partial charge < -0.3 is 10.3 Å². The summed E-state index contributed by atoms with van der Waals surface area (Å²) in [6.45, 7) is 2.12. The maximum atomic E-state index is 5.94. The summed E-state index contributed by atoms with van der Waals surface area (Å²) in [5.41, 5.74) is 7.11. The molecule has 1 aromatic rings. The molecule has 0 aliphatic carbocycles. The van der Waals surface area contributed by atoms with Crippen molar-refractivity contribution < 1.29 is 0 Å². The fraction of sp³-hybridized carbons (Fsp3) is 0.667. The van der Waals surface area contributed by atoms with Crippen molar-refractivity contribution in [2.24, 2.45) is 5.73 Å². The van der Waals surface area contributed by atoms with Crippen molar-refractivity contribution in [2.75, 3.05) is 0 Å². The van der Waals surface area contributed by atoms with Crippen LogP contribution in [0.25, 0.3) is 0 Å². The van der Waals surface area contributed by atoms with Crippen molar-refractivity contribution in [3.63, 3.8) is 0 Å². The molecule has 3 heteroatoms. The molecule has 0 saturated heterocycles. The molecule has 1 aliphatic rings. The standard InChI is InChI=1S/C9H15N3/c1-2-7-6-12-8(10)4-3-5-9(12)11-7/h6,8H,2-5,10H2,1H3. The molecule has 1 atom stereocenters. The number of nitrogens with zero attached hydrogens (tertiary/aromatic N) is 2. The van der Waals surface area contributed by atoms with Crippen LogP contribution >= 0.6 is 0 Å². The summed E-state index contributed by atoms with van der Waals surface area (Å²) in [6.07, 6.45) is 6.63. The van der Waals surface area contributed by atoms with Gasteiger partial charge in [-0.3, -0.25) is 0 Å². The summed E-state index contributed by atoms with van der Waals surface area (Å²) in [7, 11) is 0. The van der Waals surface area contributed by atoms with Gasteiger partial charge in [-0.1, -0.05) is 6.92 Å². The van der Waals surface area contributed by atoms with Gasteiger partial charge in [-0.25, -0.2) is 4.98 Å². The fourth-order valence-corrected chi connectivity index (χ4v) is 1.74. The number of imidazole rings is 1. The van der Waals surface area contributed by atoms with Crippen LogP contribution in [0.3, 0.4) is 0 Å². The first kappa shape index (κ1) is 7.80. The average molecular weight is 165 g/mol. The summed E-state index contributed by atoms with van der Waals surface area (Å²) >= 11 is 0. The van der Waals surface area contributed by atoms with E-state index in [1.165, 1.54) is 17.9 Å². The topological polar surface area (TPSA) is 43.8 Å². The quantitative estimate of drug-likeness (QED) is 0.680. The fourth-order valence-electron chi connectivity index (χ4n) is 1.74. The van der Waals surface area contributed by atoms with Crippen molar-refractivity contribution in [3.05, 3.63) is 17.7 Å². The average Bonchev–Trinajstić information content (AvgIpc) is 2.49. The van der Waals surface area contributed by atoms with Crippen LogP contribution in [0.5, 0.6) is 0 Å². The van der Waals surface area contributed by atoms with Gasteiger partial charge in [0.2, 0.25) is 0 Å². The molecule has 0 bridgehead atoms. The molecule has 3 nitrogen and oxygen atoms in total. The third-order valence-electron chi connectivity index (χ3n) is 2.48. The summed E-state index contributed by atoms with van der Waals surface area (Å²) in [6, 6.07) is 0. The highest BCUT2D eigenvalue weighted by atomic mass is 15.2. The predicted octanol–water partition coefficient (Wildman–Crippen LogP) is 1.24. The summed E-state index contributed by atoms with van der Waals surface area (Å²) in [5.74, 6) is 1.17. The molecule has 0 aromatic carbocycles. The van der Waals surface area contributed by atoms with E-state index in [-0.39, 0.29) is 6.17 Å². The molecule has 66 valence electrons. The molecule has 0 fully saturated rings. The lowest BCUT2D eigenvalue weighted by molar-refractivity contribution is 0.408. The van der Waals surface area contributed by atoms with Crippen LogP contribution in [0.2, 0.25) is 0 Å². The maximum Gasteiger partial charge on any atom is 0.110 e. The van der Waals surface area contributed by atoms with E-state index in [0.717, 1.165) is 19.3 Å². The van der Waals surface area contributed by atoms with Crippen LogP contribution in [0.15, 0.2) is 6.20 Å². The second-order valence-corrected chi connectivity index (χ2v) is 3.37. The van der Waals surface area contributed by atoms with Gasteiger partial charge in [-0.05, 0) is 19.3 Å². The minimum atomic E-state index is 0.168. The molecule has 2 heterocycles. The van der Waals surface area contributed by atoms with E-state index >= 15 is 0 Å². The van der Waals surface area contributed by atoms with Crippen molar-refractivity contribution in [3.8, 4) is 0 Å². The van der Waals surface area contributed by atoms with Crippen molar-refractivity contribution in [2.45, 2.75) is 38.8 Å². The first-order valence-electron chi connectivity index (χ1n) is 4.63. The number of nitrogens with two attached hydrogens (primary N) is 1. The van der Waals surface area contributed by atoms with Gasteiger partial charge in [0.25, 0.3) is 0 Å². The molecule has 0 spiro atoms. The van der Waals surface area contributed by atoms with Gasteiger partial charge in [-0.2, -0.15) is 0 Å². The molecule has 0 amide bonds. The second kappa shape index (κ2) is 2.90. The third kappa shape index (κ3) is 1.14. The smallest absolute Gasteiger partial charge is 0.110 e. The van der Waals surface area contributed by atoms with Crippen molar-refractivity contribution in [1.29, 1.82) is 0 Å². The number of hydrogen-bond donors (Lipinski definition) is 1. The van der Waals surface area contributed by atoms with E-state index in [4.69, 9.17) is 5.73 Å². The Morgan fingerprint density at radius 3 is 3.25 bits per heavy atom. The molecule has 2 rings (SSSR count). The second-order valence-electron chi connectivity index (χ2n) is 3.37. The predicted molar refractivity (Wildman–Crippen MR) is 47.8 cm³/mol. The van der Waals surface area contributed by atoms with Crippen LogP contribution < -0.4 is 5.73 Å². The number of aryl methyl sites for hydroxylation is 2. The van der Waals surface area contributed by atoms with Gasteiger partial charge in [-0.15, -0.1) is 0 Å². The first-order valence-corrected chi connectivity index (χ1v) is 4.63. The maximum absolute atomic E-state index is 5.94. The Morgan fingerprint density at radius 1 is 1.75 bits per heavy atom. The van der Waals surface area contributed by atoms with E-state index in [1.807, 2.05) is 0 Å². The molecular weight excluding hydrogens is 150 g/mol. The zero-order chi connectivity index (χ0) is 8.55.